The minimum Gasteiger partial charge on any atom is -0.472 e. The number of aromatic nitrogens is 1. The zero-order chi connectivity index (χ0) is 13.2. The fourth-order valence-electron chi connectivity index (χ4n) is 1.96. The minimum absolute atomic E-state index is 0.217. The lowest BCUT2D eigenvalue weighted by Crippen LogP contribution is -2.43. The molecule has 1 aromatic rings. The fraction of sp³-hybridized carbons (Fsp3) is 0.583. The maximum atomic E-state index is 12.8. The number of hydrogen-bond acceptors (Lipinski definition) is 3. The first-order valence-electron chi connectivity index (χ1n) is 5.88. The molecule has 2 rings (SSSR count). The Hall–Kier alpha value is -1.30. The zero-order valence-electron chi connectivity index (χ0n) is 10.00. The topological polar surface area (TPSA) is 34.1 Å². The first kappa shape index (κ1) is 13.1. The standard InChI is InChI=1S/C12H15F3N2O/c1-8-4-6-16-7-10(8)18-11-9(12(13,14)15)3-2-5-17-11/h2-3,5,8,10,16H,4,6-7H2,1H3. The molecule has 100 valence electrons. The third-order valence-electron chi connectivity index (χ3n) is 3.10. The lowest BCUT2D eigenvalue weighted by atomic mass is 9.97. The predicted octanol–water partition coefficient (Wildman–Crippen LogP) is 2.48. The van der Waals surface area contributed by atoms with Gasteiger partial charge in [-0.1, -0.05) is 6.92 Å². The van der Waals surface area contributed by atoms with E-state index in [0.717, 1.165) is 19.0 Å². The smallest absolute Gasteiger partial charge is 0.421 e. The average molecular weight is 260 g/mol. The normalized spacial score (nSPS) is 24.9. The summed E-state index contributed by atoms with van der Waals surface area (Å²) in [7, 11) is 0. The van der Waals surface area contributed by atoms with E-state index in [9.17, 15) is 13.2 Å². The zero-order valence-corrected chi connectivity index (χ0v) is 10.00. The molecule has 2 unspecified atom stereocenters. The fourth-order valence-corrected chi connectivity index (χ4v) is 1.96. The third-order valence-corrected chi connectivity index (χ3v) is 3.10. The number of rotatable bonds is 2. The van der Waals surface area contributed by atoms with Crippen molar-refractivity contribution in [1.82, 2.24) is 10.3 Å². The second-order valence-corrected chi connectivity index (χ2v) is 4.48. The second kappa shape index (κ2) is 5.14. The van der Waals surface area contributed by atoms with Crippen LogP contribution in [0.25, 0.3) is 0 Å². The summed E-state index contributed by atoms with van der Waals surface area (Å²) in [6.07, 6.45) is -2.51. The molecule has 0 bridgehead atoms. The number of hydrogen-bond donors (Lipinski definition) is 1. The van der Waals surface area contributed by atoms with Crippen molar-refractivity contribution in [1.29, 1.82) is 0 Å². The molecule has 1 N–H and O–H groups in total. The lowest BCUT2D eigenvalue weighted by molar-refractivity contribution is -0.139. The maximum Gasteiger partial charge on any atom is 0.421 e. The number of piperidine rings is 1. The quantitative estimate of drug-likeness (QED) is 0.887. The van der Waals surface area contributed by atoms with Crippen molar-refractivity contribution >= 4 is 0 Å². The molecule has 1 saturated heterocycles. The highest BCUT2D eigenvalue weighted by Crippen LogP contribution is 2.35. The summed E-state index contributed by atoms with van der Waals surface area (Å²) in [4.78, 5) is 3.70. The van der Waals surface area contributed by atoms with Crippen LogP contribution >= 0.6 is 0 Å². The van der Waals surface area contributed by atoms with Crippen LogP contribution < -0.4 is 10.1 Å². The molecule has 6 heteroatoms. The monoisotopic (exact) mass is 260 g/mol. The summed E-state index contributed by atoms with van der Waals surface area (Å²) in [5, 5.41) is 3.11. The Labute approximate surface area is 103 Å². The van der Waals surface area contributed by atoms with E-state index in [1.807, 2.05) is 6.92 Å². The van der Waals surface area contributed by atoms with Crippen LogP contribution in [0.4, 0.5) is 13.2 Å². The summed E-state index contributed by atoms with van der Waals surface area (Å²) in [6, 6.07) is 2.25. The van der Waals surface area contributed by atoms with Gasteiger partial charge in [-0.3, -0.25) is 0 Å². The van der Waals surface area contributed by atoms with Crippen LogP contribution in [-0.4, -0.2) is 24.2 Å². The van der Waals surface area contributed by atoms with Crippen LogP contribution in [0.5, 0.6) is 5.88 Å². The number of alkyl halides is 3. The van der Waals surface area contributed by atoms with Crippen molar-refractivity contribution in [3.05, 3.63) is 23.9 Å². The summed E-state index contributed by atoms with van der Waals surface area (Å²) in [6.45, 7) is 3.39. The van der Waals surface area contributed by atoms with Crippen molar-refractivity contribution < 1.29 is 17.9 Å². The summed E-state index contributed by atoms with van der Waals surface area (Å²) in [5.74, 6) is -0.111. The van der Waals surface area contributed by atoms with Crippen LogP contribution in [0, 0.1) is 5.92 Å². The molecule has 2 atom stereocenters. The van der Waals surface area contributed by atoms with Crippen LogP contribution in [0.1, 0.15) is 18.9 Å². The third kappa shape index (κ3) is 2.93. The van der Waals surface area contributed by atoms with Crippen molar-refractivity contribution in [3.63, 3.8) is 0 Å². The van der Waals surface area contributed by atoms with E-state index in [1.165, 1.54) is 12.3 Å². The number of halogens is 3. The van der Waals surface area contributed by atoms with E-state index >= 15 is 0 Å². The van der Waals surface area contributed by atoms with Gasteiger partial charge in [0.05, 0.1) is 0 Å². The first-order chi connectivity index (χ1) is 8.48. The van der Waals surface area contributed by atoms with Gasteiger partial charge in [0.2, 0.25) is 5.88 Å². The van der Waals surface area contributed by atoms with E-state index in [1.54, 1.807) is 0 Å². The van der Waals surface area contributed by atoms with Gasteiger partial charge in [0.25, 0.3) is 0 Å². The number of pyridine rings is 1. The van der Waals surface area contributed by atoms with Crippen LogP contribution in [0.2, 0.25) is 0 Å². The highest BCUT2D eigenvalue weighted by atomic mass is 19.4. The lowest BCUT2D eigenvalue weighted by Gasteiger charge is -2.30. The molecule has 1 aromatic heterocycles. The number of ether oxygens (including phenoxy) is 1. The summed E-state index contributed by atoms with van der Waals surface area (Å²) in [5.41, 5.74) is -0.817. The van der Waals surface area contributed by atoms with Gasteiger partial charge >= 0.3 is 6.18 Å². The van der Waals surface area contributed by atoms with Gasteiger partial charge < -0.3 is 10.1 Å². The second-order valence-electron chi connectivity index (χ2n) is 4.48. The van der Waals surface area contributed by atoms with Gasteiger partial charge in [-0.25, -0.2) is 4.98 Å². The molecule has 1 aliphatic heterocycles. The van der Waals surface area contributed by atoms with Crippen LogP contribution in [0.15, 0.2) is 18.3 Å². The van der Waals surface area contributed by atoms with Crippen LogP contribution in [-0.2, 0) is 6.18 Å². The molecule has 18 heavy (non-hydrogen) atoms. The van der Waals surface area contributed by atoms with E-state index in [0.29, 0.717) is 6.54 Å². The Morgan fingerprint density at radius 1 is 1.44 bits per heavy atom. The molecular formula is C12H15F3N2O. The highest BCUT2D eigenvalue weighted by Gasteiger charge is 2.36. The molecule has 0 saturated carbocycles. The van der Waals surface area contributed by atoms with Gasteiger partial charge in [-0.05, 0) is 31.0 Å². The van der Waals surface area contributed by atoms with E-state index in [2.05, 4.69) is 10.3 Å². The Kier molecular flexibility index (Phi) is 3.75. The maximum absolute atomic E-state index is 12.8. The summed E-state index contributed by atoms with van der Waals surface area (Å²) < 4.78 is 43.7. The number of nitrogens with one attached hydrogen (secondary N) is 1. The Bertz CT molecular complexity index is 409. The Balaban J connectivity index is 2.18. The molecule has 0 amide bonds. The predicted molar refractivity (Wildman–Crippen MR) is 60.3 cm³/mol. The Morgan fingerprint density at radius 2 is 2.22 bits per heavy atom. The SMILES string of the molecule is CC1CCNCC1Oc1ncccc1C(F)(F)F. The van der Waals surface area contributed by atoms with Gasteiger partial charge in [0, 0.05) is 12.7 Å². The molecule has 0 aliphatic carbocycles. The average Bonchev–Trinajstić information content (AvgIpc) is 2.31. The molecule has 1 aliphatic rings. The minimum atomic E-state index is -4.44. The molecule has 0 spiro atoms. The highest BCUT2D eigenvalue weighted by molar-refractivity contribution is 5.28. The van der Waals surface area contributed by atoms with Crippen LogP contribution in [0.3, 0.4) is 0 Å². The molecule has 0 aromatic carbocycles. The molecular weight excluding hydrogens is 245 g/mol. The van der Waals surface area contributed by atoms with E-state index < -0.39 is 11.7 Å². The first-order valence-corrected chi connectivity index (χ1v) is 5.88. The van der Waals surface area contributed by atoms with E-state index in [-0.39, 0.29) is 17.9 Å². The summed E-state index contributed by atoms with van der Waals surface area (Å²) >= 11 is 0. The Morgan fingerprint density at radius 3 is 2.89 bits per heavy atom. The van der Waals surface area contributed by atoms with Crippen molar-refractivity contribution in [2.45, 2.75) is 25.6 Å². The largest absolute Gasteiger partial charge is 0.472 e. The van der Waals surface area contributed by atoms with Crippen molar-refractivity contribution in [2.75, 3.05) is 13.1 Å². The van der Waals surface area contributed by atoms with Gasteiger partial charge in [0.1, 0.15) is 11.7 Å². The molecule has 1 fully saturated rings. The van der Waals surface area contributed by atoms with E-state index in [4.69, 9.17) is 4.74 Å². The van der Waals surface area contributed by atoms with Gasteiger partial charge in [-0.2, -0.15) is 13.2 Å². The molecule has 0 radical (unpaired) electrons. The molecule has 2 heterocycles. The van der Waals surface area contributed by atoms with Crippen molar-refractivity contribution in [3.8, 4) is 5.88 Å². The van der Waals surface area contributed by atoms with Gasteiger partial charge in [-0.15, -0.1) is 0 Å². The number of nitrogens with zero attached hydrogens (tertiary/aromatic N) is 1. The van der Waals surface area contributed by atoms with Crippen molar-refractivity contribution in [2.24, 2.45) is 5.92 Å². The molecule has 3 nitrogen and oxygen atoms in total. The van der Waals surface area contributed by atoms with Gasteiger partial charge in [0.15, 0.2) is 0 Å².